The Morgan fingerprint density at radius 2 is 1.88 bits per heavy atom. The fraction of sp³-hybridized carbons (Fsp3) is 0.667. The van der Waals surface area contributed by atoms with E-state index in [4.69, 9.17) is 18.9 Å². The Morgan fingerprint density at radius 1 is 1.21 bits per heavy atom. The summed E-state index contributed by atoms with van der Waals surface area (Å²) in [6.45, 7) is 6.57. The third-order valence-electron chi connectivity index (χ3n) is 7.75. The smallest absolute Gasteiger partial charge is 0.312 e. The molecule has 0 radical (unpaired) electrons. The SMILES string of the molecule is CC(=O)OC1C2C(C)(OC(C)=O)C(=O)C=CC2(C)C2OC2CC(CO)=CC2OC(=O)C(C)C21O. The predicted molar refractivity (Wildman–Crippen MR) is 114 cm³/mol. The standard InChI is InChI=1S/C24H30O10/c1-11-21(29)33-17-9-14(10-25)8-15-19(32-15)22(4)7-6-16(28)23(5,34-13(3)27)18(22)20(24(11,17)30)31-12(2)26/h6-7,9,11,15,17-20,25,30H,8,10H2,1-5H3. The van der Waals surface area contributed by atoms with Crippen LogP contribution in [0.3, 0.4) is 0 Å². The van der Waals surface area contributed by atoms with Gasteiger partial charge >= 0.3 is 17.9 Å². The first-order valence-electron chi connectivity index (χ1n) is 11.3. The highest BCUT2D eigenvalue weighted by atomic mass is 16.6. The highest BCUT2D eigenvalue weighted by Crippen LogP contribution is 2.58. The summed E-state index contributed by atoms with van der Waals surface area (Å²) < 4.78 is 22.7. The molecule has 9 unspecified atom stereocenters. The number of epoxide rings is 1. The molecular formula is C24H30O10. The maximum absolute atomic E-state index is 13.2. The van der Waals surface area contributed by atoms with Crippen LogP contribution in [0.1, 0.15) is 41.0 Å². The molecular weight excluding hydrogens is 448 g/mol. The van der Waals surface area contributed by atoms with Crippen LogP contribution in [0.15, 0.2) is 23.8 Å². The van der Waals surface area contributed by atoms with Gasteiger partial charge in [0.25, 0.3) is 0 Å². The summed E-state index contributed by atoms with van der Waals surface area (Å²) in [4.78, 5) is 50.4. The Labute approximate surface area is 196 Å². The van der Waals surface area contributed by atoms with Gasteiger partial charge in [0.2, 0.25) is 0 Å². The van der Waals surface area contributed by atoms with Crippen molar-refractivity contribution >= 4 is 23.7 Å². The van der Waals surface area contributed by atoms with Gasteiger partial charge < -0.3 is 29.2 Å². The van der Waals surface area contributed by atoms with Crippen molar-refractivity contribution in [3.63, 3.8) is 0 Å². The lowest BCUT2D eigenvalue weighted by Crippen LogP contribution is -2.68. The molecule has 2 heterocycles. The van der Waals surface area contributed by atoms with E-state index in [1.807, 2.05) is 0 Å². The molecule has 34 heavy (non-hydrogen) atoms. The number of fused-ring (bicyclic) bond motifs is 4. The molecule has 10 heteroatoms. The van der Waals surface area contributed by atoms with Crippen molar-refractivity contribution < 1.29 is 48.3 Å². The number of aliphatic hydroxyl groups is 2. The molecule has 2 aliphatic heterocycles. The number of hydrogen-bond donors (Lipinski definition) is 2. The molecule has 186 valence electrons. The van der Waals surface area contributed by atoms with Gasteiger partial charge in [-0.25, -0.2) is 0 Å². The molecule has 2 aliphatic carbocycles. The monoisotopic (exact) mass is 478 g/mol. The third kappa shape index (κ3) is 3.50. The third-order valence-corrected chi connectivity index (χ3v) is 7.75. The molecule has 9 atom stereocenters. The molecule has 10 nitrogen and oxygen atoms in total. The molecule has 0 saturated carbocycles. The van der Waals surface area contributed by atoms with Gasteiger partial charge in [-0.1, -0.05) is 13.0 Å². The van der Waals surface area contributed by atoms with Crippen molar-refractivity contribution in [2.24, 2.45) is 17.3 Å². The van der Waals surface area contributed by atoms with E-state index in [1.165, 1.54) is 26.0 Å². The Bertz CT molecular complexity index is 1000. The predicted octanol–water partition coefficient (Wildman–Crippen LogP) is 0.384. The number of carbonyl (C=O) groups excluding carboxylic acids is 4. The molecule has 2 saturated heterocycles. The number of carbonyl (C=O) groups is 4. The summed E-state index contributed by atoms with van der Waals surface area (Å²) in [5, 5.41) is 22.1. The van der Waals surface area contributed by atoms with E-state index >= 15 is 0 Å². The van der Waals surface area contributed by atoms with Crippen LogP contribution in [-0.4, -0.2) is 76.1 Å². The normalized spacial score (nSPS) is 45.2. The lowest BCUT2D eigenvalue weighted by molar-refractivity contribution is -0.221. The first kappa shape index (κ1) is 24.6. The van der Waals surface area contributed by atoms with Gasteiger partial charge in [-0.15, -0.1) is 0 Å². The van der Waals surface area contributed by atoms with Crippen LogP contribution in [0.4, 0.5) is 0 Å². The van der Waals surface area contributed by atoms with Gasteiger partial charge in [-0.3, -0.25) is 19.2 Å². The maximum Gasteiger partial charge on any atom is 0.312 e. The van der Waals surface area contributed by atoms with Crippen LogP contribution in [-0.2, 0) is 38.1 Å². The minimum Gasteiger partial charge on any atom is -0.459 e. The van der Waals surface area contributed by atoms with Gasteiger partial charge in [0.1, 0.15) is 6.10 Å². The van der Waals surface area contributed by atoms with Crippen LogP contribution < -0.4 is 0 Å². The van der Waals surface area contributed by atoms with Crippen LogP contribution in [0.2, 0.25) is 0 Å². The van der Waals surface area contributed by atoms with Crippen LogP contribution >= 0.6 is 0 Å². The topological polar surface area (TPSA) is 149 Å². The zero-order chi connectivity index (χ0) is 25.2. The fourth-order valence-electron chi connectivity index (χ4n) is 6.01. The second-order valence-corrected chi connectivity index (χ2v) is 10.0. The lowest BCUT2D eigenvalue weighted by Gasteiger charge is -2.53. The van der Waals surface area contributed by atoms with E-state index < -0.39 is 70.5 Å². The van der Waals surface area contributed by atoms with Gasteiger partial charge in [-0.05, 0) is 38.0 Å². The minimum absolute atomic E-state index is 0.298. The fourth-order valence-corrected chi connectivity index (χ4v) is 6.01. The molecule has 0 aromatic carbocycles. The van der Waals surface area contributed by atoms with Gasteiger partial charge in [0.05, 0.1) is 30.7 Å². The molecule has 4 aliphatic rings. The summed E-state index contributed by atoms with van der Waals surface area (Å²) in [6.07, 6.45) is 1.01. The van der Waals surface area contributed by atoms with E-state index in [0.29, 0.717) is 12.0 Å². The number of aliphatic hydroxyl groups excluding tert-OH is 1. The van der Waals surface area contributed by atoms with Gasteiger partial charge in [0.15, 0.2) is 23.1 Å². The van der Waals surface area contributed by atoms with Crippen molar-refractivity contribution in [1.29, 1.82) is 0 Å². The van der Waals surface area contributed by atoms with E-state index in [0.717, 1.165) is 13.8 Å². The van der Waals surface area contributed by atoms with E-state index in [-0.39, 0.29) is 12.7 Å². The van der Waals surface area contributed by atoms with Crippen molar-refractivity contribution in [1.82, 2.24) is 0 Å². The molecule has 2 fully saturated rings. The molecule has 0 spiro atoms. The van der Waals surface area contributed by atoms with Crippen molar-refractivity contribution in [2.75, 3.05) is 6.61 Å². The molecule has 2 N–H and O–H groups in total. The quantitative estimate of drug-likeness (QED) is 0.252. The second kappa shape index (κ2) is 8.00. The minimum atomic E-state index is -2.14. The summed E-state index contributed by atoms with van der Waals surface area (Å²) in [5.74, 6) is -5.09. The average Bonchev–Trinajstić information content (AvgIpc) is 3.48. The number of ether oxygens (including phenoxy) is 4. The lowest BCUT2D eigenvalue weighted by atomic mass is 9.55. The molecule has 4 rings (SSSR count). The summed E-state index contributed by atoms with van der Waals surface area (Å²) in [6, 6.07) is 0. The molecule has 0 amide bonds. The zero-order valence-electron chi connectivity index (χ0n) is 19.8. The maximum atomic E-state index is 13.2. The Kier molecular flexibility index (Phi) is 5.78. The summed E-state index contributed by atoms with van der Waals surface area (Å²) in [5.41, 5.74) is -4.56. The van der Waals surface area contributed by atoms with Crippen molar-refractivity contribution in [3.8, 4) is 0 Å². The second-order valence-electron chi connectivity index (χ2n) is 10.0. The number of hydrogen-bond acceptors (Lipinski definition) is 10. The van der Waals surface area contributed by atoms with Crippen LogP contribution in [0, 0.1) is 17.3 Å². The number of esters is 3. The Morgan fingerprint density at radius 3 is 2.47 bits per heavy atom. The Balaban J connectivity index is 2.02. The van der Waals surface area contributed by atoms with E-state index in [1.54, 1.807) is 13.0 Å². The Hall–Kier alpha value is -2.56. The van der Waals surface area contributed by atoms with Crippen LogP contribution in [0.5, 0.6) is 0 Å². The zero-order valence-corrected chi connectivity index (χ0v) is 19.8. The molecule has 0 bridgehead atoms. The largest absolute Gasteiger partial charge is 0.459 e. The first-order valence-corrected chi connectivity index (χ1v) is 11.3. The molecule has 0 aromatic rings. The van der Waals surface area contributed by atoms with Gasteiger partial charge in [-0.2, -0.15) is 0 Å². The number of ketones is 1. The van der Waals surface area contributed by atoms with E-state index in [9.17, 15) is 29.4 Å². The van der Waals surface area contributed by atoms with Crippen molar-refractivity contribution in [3.05, 3.63) is 23.8 Å². The van der Waals surface area contributed by atoms with Crippen LogP contribution in [0.25, 0.3) is 0 Å². The summed E-state index contributed by atoms with van der Waals surface area (Å²) >= 11 is 0. The first-order chi connectivity index (χ1) is 15.8. The van der Waals surface area contributed by atoms with Gasteiger partial charge in [0, 0.05) is 19.3 Å². The summed E-state index contributed by atoms with van der Waals surface area (Å²) in [7, 11) is 0. The highest BCUT2D eigenvalue weighted by Gasteiger charge is 2.72. The average molecular weight is 478 g/mol. The van der Waals surface area contributed by atoms with E-state index in [2.05, 4.69) is 0 Å². The van der Waals surface area contributed by atoms with Crippen molar-refractivity contribution in [2.45, 2.75) is 76.7 Å². The number of rotatable bonds is 3. The molecule has 0 aromatic heterocycles. The highest BCUT2D eigenvalue weighted by molar-refractivity contribution is 5.99.